The third-order valence-electron chi connectivity index (χ3n) is 2.94. The number of aromatic nitrogens is 2. The number of nitrogens with zero attached hydrogens (tertiary/aromatic N) is 2. The Labute approximate surface area is 106 Å². The average molecular weight is 247 g/mol. The van der Waals surface area contributed by atoms with E-state index in [0.717, 1.165) is 22.6 Å². The maximum Gasteiger partial charge on any atom is 0.126 e. The second-order valence-electron chi connectivity index (χ2n) is 4.03. The van der Waals surface area contributed by atoms with Gasteiger partial charge in [0.1, 0.15) is 17.3 Å². The molecule has 0 amide bonds. The summed E-state index contributed by atoms with van der Waals surface area (Å²) in [5, 5.41) is 4.13. The molecule has 0 saturated carbocycles. The van der Waals surface area contributed by atoms with Crippen LogP contribution in [0.15, 0.2) is 24.4 Å². The molecule has 1 aromatic carbocycles. The molecule has 96 valence electrons. The molecule has 0 aliphatic rings. The maximum atomic E-state index is 5.93. The van der Waals surface area contributed by atoms with Crippen molar-refractivity contribution in [2.75, 3.05) is 20.0 Å². The number of nitrogens with two attached hydrogens (primary N) is 1. The summed E-state index contributed by atoms with van der Waals surface area (Å²) in [7, 11) is 5.10. The number of hydrogen-bond donors (Lipinski definition) is 1. The summed E-state index contributed by atoms with van der Waals surface area (Å²) in [4.78, 5) is 0. The summed E-state index contributed by atoms with van der Waals surface area (Å²) in [6.45, 7) is 0. The molecule has 0 spiro atoms. The standard InChI is InChI=1S/C13H17N3O2/c1-16-13(14)10(8-15-16)6-9-4-5-11(17-2)7-12(9)18-3/h4-5,7-8H,6,14H2,1-3H3. The fourth-order valence-electron chi connectivity index (χ4n) is 1.83. The minimum absolute atomic E-state index is 0.674. The zero-order chi connectivity index (χ0) is 13.1. The van der Waals surface area contributed by atoms with Gasteiger partial charge in [-0.1, -0.05) is 6.07 Å². The summed E-state index contributed by atoms with van der Waals surface area (Å²) >= 11 is 0. The van der Waals surface area contributed by atoms with Crippen molar-refractivity contribution in [3.05, 3.63) is 35.5 Å². The molecule has 18 heavy (non-hydrogen) atoms. The van der Waals surface area contributed by atoms with Crippen molar-refractivity contribution in [3.8, 4) is 11.5 Å². The molecule has 0 unspecified atom stereocenters. The number of benzene rings is 1. The Hall–Kier alpha value is -2.17. The summed E-state index contributed by atoms with van der Waals surface area (Å²) in [6, 6.07) is 5.75. The molecule has 5 heteroatoms. The van der Waals surface area contributed by atoms with Gasteiger partial charge in [-0.15, -0.1) is 0 Å². The minimum Gasteiger partial charge on any atom is -0.497 e. The molecule has 0 radical (unpaired) electrons. The van der Waals surface area contributed by atoms with E-state index in [1.165, 1.54) is 0 Å². The maximum absolute atomic E-state index is 5.93. The van der Waals surface area contributed by atoms with Crippen LogP contribution in [0.25, 0.3) is 0 Å². The van der Waals surface area contributed by atoms with E-state index < -0.39 is 0 Å². The fraction of sp³-hybridized carbons (Fsp3) is 0.308. The molecule has 0 atom stereocenters. The van der Waals surface area contributed by atoms with Crippen molar-refractivity contribution < 1.29 is 9.47 Å². The molecule has 0 aliphatic carbocycles. The summed E-state index contributed by atoms with van der Waals surface area (Å²) in [5.74, 6) is 2.24. The molecule has 0 saturated heterocycles. The third kappa shape index (κ3) is 2.25. The van der Waals surface area contributed by atoms with Gasteiger partial charge in [0.25, 0.3) is 0 Å². The van der Waals surface area contributed by atoms with E-state index in [1.807, 2.05) is 25.2 Å². The number of ether oxygens (including phenoxy) is 2. The van der Waals surface area contributed by atoms with Crippen molar-refractivity contribution in [1.82, 2.24) is 9.78 Å². The second-order valence-corrected chi connectivity index (χ2v) is 4.03. The highest BCUT2D eigenvalue weighted by Crippen LogP contribution is 2.27. The molecule has 1 aromatic heterocycles. The lowest BCUT2D eigenvalue weighted by Crippen LogP contribution is -2.01. The lowest BCUT2D eigenvalue weighted by molar-refractivity contribution is 0.391. The number of rotatable bonds is 4. The van der Waals surface area contributed by atoms with E-state index in [9.17, 15) is 0 Å². The van der Waals surface area contributed by atoms with Gasteiger partial charge >= 0.3 is 0 Å². The van der Waals surface area contributed by atoms with Crippen molar-refractivity contribution >= 4 is 5.82 Å². The van der Waals surface area contributed by atoms with Gasteiger partial charge in [0.2, 0.25) is 0 Å². The number of anilines is 1. The zero-order valence-corrected chi connectivity index (χ0v) is 10.8. The zero-order valence-electron chi connectivity index (χ0n) is 10.8. The Morgan fingerprint density at radius 1 is 1.22 bits per heavy atom. The molecule has 2 N–H and O–H groups in total. The monoisotopic (exact) mass is 247 g/mol. The van der Waals surface area contributed by atoms with Gasteiger partial charge in [0, 0.05) is 25.1 Å². The number of hydrogen-bond acceptors (Lipinski definition) is 4. The Balaban J connectivity index is 2.31. The van der Waals surface area contributed by atoms with E-state index in [1.54, 1.807) is 25.1 Å². The van der Waals surface area contributed by atoms with E-state index in [2.05, 4.69) is 5.10 Å². The van der Waals surface area contributed by atoms with Crippen LogP contribution in [0.1, 0.15) is 11.1 Å². The van der Waals surface area contributed by atoms with Crippen LogP contribution in [-0.2, 0) is 13.5 Å². The first kappa shape index (κ1) is 12.3. The molecular formula is C13H17N3O2. The van der Waals surface area contributed by atoms with Gasteiger partial charge in [-0.3, -0.25) is 4.68 Å². The first-order valence-corrected chi connectivity index (χ1v) is 5.63. The van der Waals surface area contributed by atoms with Crippen LogP contribution in [0, 0.1) is 0 Å². The van der Waals surface area contributed by atoms with Crippen molar-refractivity contribution in [2.45, 2.75) is 6.42 Å². The molecule has 5 nitrogen and oxygen atoms in total. The van der Waals surface area contributed by atoms with Crippen LogP contribution in [-0.4, -0.2) is 24.0 Å². The van der Waals surface area contributed by atoms with E-state index in [-0.39, 0.29) is 0 Å². The predicted molar refractivity (Wildman–Crippen MR) is 70.0 cm³/mol. The van der Waals surface area contributed by atoms with Gasteiger partial charge in [-0.25, -0.2) is 0 Å². The van der Waals surface area contributed by atoms with Crippen LogP contribution < -0.4 is 15.2 Å². The van der Waals surface area contributed by atoms with E-state index in [0.29, 0.717) is 12.2 Å². The second kappa shape index (κ2) is 5.00. The average Bonchev–Trinajstić information content (AvgIpc) is 2.71. The SMILES string of the molecule is COc1ccc(Cc2cnn(C)c2N)c(OC)c1. The lowest BCUT2D eigenvalue weighted by Gasteiger charge is -2.10. The van der Waals surface area contributed by atoms with E-state index >= 15 is 0 Å². The first-order chi connectivity index (χ1) is 8.65. The smallest absolute Gasteiger partial charge is 0.126 e. The highest BCUT2D eigenvalue weighted by Gasteiger charge is 2.10. The third-order valence-corrected chi connectivity index (χ3v) is 2.94. The predicted octanol–water partition coefficient (Wildman–Crippen LogP) is 1.61. The molecule has 0 fully saturated rings. The molecule has 0 aliphatic heterocycles. The highest BCUT2D eigenvalue weighted by atomic mass is 16.5. The normalized spacial score (nSPS) is 10.4. The van der Waals surface area contributed by atoms with Gasteiger partial charge in [0.05, 0.1) is 20.4 Å². The van der Waals surface area contributed by atoms with Gasteiger partial charge in [-0.2, -0.15) is 5.10 Å². The minimum atomic E-state index is 0.674. The Morgan fingerprint density at radius 2 is 2.00 bits per heavy atom. The van der Waals surface area contributed by atoms with E-state index in [4.69, 9.17) is 15.2 Å². The highest BCUT2D eigenvalue weighted by molar-refractivity contribution is 5.47. The Kier molecular flexibility index (Phi) is 3.41. The molecule has 2 aromatic rings. The van der Waals surface area contributed by atoms with Crippen molar-refractivity contribution in [1.29, 1.82) is 0 Å². The number of nitrogen functional groups attached to an aromatic ring is 1. The number of methoxy groups -OCH3 is 2. The Bertz CT molecular complexity index is 549. The molecule has 1 heterocycles. The van der Waals surface area contributed by atoms with Crippen LogP contribution in [0.5, 0.6) is 11.5 Å². The van der Waals surface area contributed by atoms with Crippen molar-refractivity contribution in [2.24, 2.45) is 7.05 Å². The summed E-state index contributed by atoms with van der Waals surface area (Å²) < 4.78 is 12.2. The molecular weight excluding hydrogens is 230 g/mol. The summed E-state index contributed by atoms with van der Waals surface area (Å²) in [6.07, 6.45) is 2.46. The lowest BCUT2D eigenvalue weighted by atomic mass is 10.1. The van der Waals surface area contributed by atoms with Crippen LogP contribution in [0.2, 0.25) is 0 Å². The Morgan fingerprint density at radius 3 is 2.56 bits per heavy atom. The van der Waals surface area contributed by atoms with Gasteiger partial charge in [0.15, 0.2) is 0 Å². The van der Waals surface area contributed by atoms with Gasteiger partial charge in [-0.05, 0) is 11.6 Å². The van der Waals surface area contributed by atoms with Crippen LogP contribution in [0.3, 0.4) is 0 Å². The molecule has 2 rings (SSSR count). The number of aryl methyl sites for hydroxylation is 1. The quantitative estimate of drug-likeness (QED) is 0.891. The topological polar surface area (TPSA) is 62.3 Å². The van der Waals surface area contributed by atoms with Gasteiger partial charge < -0.3 is 15.2 Å². The van der Waals surface area contributed by atoms with Crippen LogP contribution >= 0.6 is 0 Å². The largest absolute Gasteiger partial charge is 0.497 e. The molecule has 0 bridgehead atoms. The summed E-state index contributed by atoms with van der Waals surface area (Å²) in [5.41, 5.74) is 7.97. The van der Waals surface area contributed by atoms with Crippen LogP contribution in [0.4, 0.5) is 5.82 Å². The fourth-order valence-corrected chi connectivity index (χ4v) is 1.83. The van der Waals surface area contributed by atoms with Crippen molar-refractivity contribution in [3.63, 3.8) is 0 Å². The first-order valence-electron chi connectivity index (χ1n) is 5.63.